The Bertz CT molecular complexity index is 635. The topological polar surface area (TPSA) is 46.5 Å². The molecule has 24 heavy (non-hydrogen) atoms. The van der Waals surface area contributed by atoms with E-state index < -0.39 is 59.4 Å². The Balaban J connectivity index is 3.15. The molecule has 1 rings (SSSR count). The van der Waals surface area contributed by atoms with Crippen molar-refractivity contribution in [2.24, 2.45) is 0 Å². The van der Waals surface area contributed by atoms with E-state index in [1.165, 1.54) is 0 Å². The Morgan fingerprint density at radius 2 is 1.38 bits per heavy atom. The fourth-order valence-electron chi connectivity index (χ4n) is 1.37. The van der Waals surface area contributed by atoms with E-state index in [0.717, 1.165) is 0 Å². The first-order chi connectivity index (χ1) is 10.6. The van der Waals surface area contributed by atoms with Gasteiger partial charge in [-0.25, -0.2) is 22.4 Å². The standard InChI is InChI=1S/C11H4F10O3/c12-4-1-5(13)7(15)6(14)3(4)2-24-8(22)9(23,10(16,17)18)11(19,20)21/h1,23H,2H2. The summed E-state index contributed by atoms with van der Waals surface area (Å²) in [6.45, 7) is -1.97. The maximum absolute atomic E-state index is 13.2. The number of alkyl halides is 6. The van der Waals surface area contributed by atoms with Gasteiger partial charge < -0.3 is 9.84 Å². The van der Waals surface area contributed by atoms with Gasteiger partial charge >= 0.3 is 23.9 Å². The number of rotatable bonds is 3. The maximum Gasteiger partial charge on any atom is 0.437 e. The van der Waals surface area contributed by atoms with Gasteiger partial charge in [0.05, 0.1) is 5.56 Å². The minimum atomic E-state index is -6.58. The molecular formula is C11H4F10O3. The Morgan fingerprint density at radius 3 is 1.79 bits per heavy atom. The summed E-state index contributed by atoms with van der Waals surface area (Å²) in [6.07, 6.45) is -13.2. The van der Waals surface area contributed by atoms with Gasteiger partial charge in [0.1, 0.15) is 12.4 Å². The van der Waals surface area contributed by atoms with Crippen LogP contribution in [0.4, 0.5) is 43.9 Å². The molecule has 0 aliphatic rings. The molecule has 0 aliphatic heterocycles. The second kappa shape index (κ2) is 6.11. The van der Waals surface area contributed by atoms with E-state index in [1.807, 2.05) is 0 Å². The highest BCUT2D eigenvalue weighted by Crippen LogP contribution is 2.44. The first-order valence-electron chi connectivity index (χ1n) is 5.49. The molecule has 0 amide bonds. The number of aliphatic hydroxyl groups is 1. The zero-order chi connectivity index (χ0) is 19.1. The van der Waals surface area contributed by atoms with Gasteiger partial charge in [0.25, 0.3) is 0 Å². The van der Waals surface area contributed by atoms with Crippen molar-refractivity contribution < 1.29 is 58.5 Å². The molecule has 0 heterocycles. The highest BCUT2D eigenvalue weighted by molar-refractivity contribution is 5.81. The number of ether oxygens (including phenoxy) is 1. The highest BCUT2D eigenvalue weighted by Gasteiger charge is 2.76. The molecule has 13 heteroatoms. The Morgan fingerprint density at radius 1 is 0.917 bits per heavy atom. The molecule has 0 fully saturated rings. The van der Waals surface area contributed by atoms with E-state index in [9.17, 15) is 48.7 Å². The molecule has 0 radical (unpaired) electrons. The first kappa shape index (κ1) is 20.0. The van der Waals surface area contributed by atoms with Gasteiger partial charge in [0.15, 0.2) is 17.5 Å². The fourth-order valence-corrected chi connectivity index (χ4v) is 1.37. The second-order valence-corrected chi connectivity index (χ2v) is 4.23. The van der Waals surface area contributed by atoms with Gasteiger partial charge in [-0.15, -0.1) is 0 Å². The molecular weight excluding hydrogens is 370 g/mol. The van der Waals surface area contributed by atoms with Crippen LogP contribution in [0.2, 0.25) is 0 Å². The molecule has 0 atom stereocenters. The summed E-state index contributed by atoms with van der Waals surface area (Å²) in [6, 6.07) is -0.276. The lowest BCUT2D eigenvalue weighted by molar-refractivity contribution is -0.357. The summed E-state index contributed by atoms with van der Waals surface area (Å²) in [5.41, 5.74) is -7.64. The van der Waals surface area contributed by atoms with Gasteiger partial charge in [-0.3, -0.25) is 0 Å². The Labute approximate surface area is 125 Å². The number of carbonyl (C=O) groups is 1. The summed E-state index contributed by atoms with van der Waals surface area (Å²) in [5.74, 6) is -12.0. The van der Waals surface area contributed by atoms with E-state index in [2.05, 4.69) is 4.74 Å². The molecule has 136 valence electrons. The Hall–Kier alpha value is -2.05. The van der Waals surface area contributed by atoms with E-state index in [-0.39, 0.29) is 6.07 Å². The third kappa shape index (κ3) is 3.25. The summed E-state index contributed by atoms with van der Waals surface area (Å²) in [7, 11) is 0. The molecule has 0 spiro atoms. The molecule has 0 bridgehead atoms. The van der Waals surface area contributed by atoms with Crippen LogP contribution in [-0.4, -0.2) is 29.0 Å². The second-order valence-electron chi connectivity index (χ2n) is 4.23. The number of benzene rings is 1. The maximum atomic E-state index is 13.2. The molecule has 0 aromatic heterocycles. The van der Waals surface area contributed by atoms with Crippen molar-refractivity contribution in [2.75, 3.05) is 0 Å². The minimum Gasteiger partial charge on any atom is -0.458 e. The molecule has 0 saturated heterocycles. The molecule has 3 nitrogen and oxygen atoms in total. The van der Waals surface area contributed by atoms with Crippen molar-refractivity contribution >= 4 is 5.97 Å². The summed E-state index contributed by atoms with van der Waals surface area (Å²) < 4.78 is 129. The summed E-state index contributed by atoms with van der Waals surface area (Å²) >= 11 is 0. The lowest BCUT2D eigenvalue weighted by Gasteiger charge is -2.29. The van der Waals surface area contributed by atoms with Crippen LogP contribution in [0.5, 0.6) is 0 Å². The molecule has 0 saturated carbocycles. The van der Waals surface area contributed by atoms with Crippen LogP contribution in [0.15, 0.2) is 6.07 Å². The fraction of sp³-hybridized carbons (Fsp3) is 0.364. The molecule has 0 unspecified atom stereocenters. The largest absolute Gasteiger partial charge is 0.458 e. The number of halogens is 10. The lowest BCUT2D eigenvalue weighted by atomic mass is 10.0. The predicted octanol–water partition coefficient (Wildman–Crippen LogP) is 3.14. The SMILES string of the molecule is O=C(OCc1c(F)cc(F)c(F)c1F)C(O)(C(F)(F)F)C(F)(F)F. The van der Waals surface area contributed by atoms with Crippen LogP contribution >= 0.6 is 0 Å². The molecule has 1 aromatic rings. The molecule has 0 aliphatic carbocycles. The third-order valence-electron chi connectivity index (χ3n) is 2.67. The average Bonchev–Trinajstić information content (AvgIpc) is 2.41. The Kier molecular flexibility index (Phi) is 5.09. The van der Waals surface area contributed by atoms with E-state index >= 15 is 0 Å². The van der Waals surface area contributed by atoms with Crippen molar-refractivity contribution in [3.8, 4) is 0 Å². The van der Waals surface area contributed by atoms with E-state index in [4.69, 9.17) is 5.11 Å². The van der Waals surface area contributed by atoms with Gasteiger partial charge in [-0.05, 0) is 0 Å². The zero-order valence-corrected chi connectivity index (χ0v) is 10.8. The number of hydrogen-bond donors (Lipinski definition) is 1. The van der Waals surface area contributed by atoms with Crippen molar-refractivity contribution in [1.29, 1.82) is 0 Å². The summed E-state index contributed by atoms with van der Waals surface area (Å²) in [5, 5.41) is 8.62. The van der Waals surface area contributed by atoms with Gasteiger partial charge in [0, 0.05) is 6.07 Å². The average molecular weight is 374 g/mol. The van der Waals surface area contributed by atoms with Crippen molar-refractivity contribution in [1.82, 2.24) is 0 Å². The van der Waals surface area contributed by atoms with E-state index in [0.29, 0.717) is 0 Å². The highest BCUT2D eigenvalue weighted by atomic mass is 19.4. The quantitative estimate of drug-likeness (QED) is 0.383. The normalized spacial score (nSPS) is 13.1. The van der Waals surface area contributed by atoms with Crippen LogP contribution in [-0.2, 0) is 16.1 Å². The smallest absolute Gasteiger partial charge is 0.437 e. The number of carbonyl (C=O) groups excluding carboxylic acids is 1. The first-order valence-corrected chi connectivity index (χ1v) is 5.49. The van der Waals surface area contributed by atoms with Gasteiger partial charge in [0.2, 0.25) is 0 Å². The predicted molar refractivity (Wildman–Crippen MR) is 53.1 cm³/mol. The van der Waals surface area contributed by atoms with E-state index in [1.54, 1.807) is 0 Å². The van der Waals surface area contributed by atoms with Crippen molar-refractivity contribution in [3.63, 3.8) is 0 Å². The third-order valence-corrected chi connectivity index (χ3v) is 2.67. The zero-order valence-electron chi connectivity index (χ0n) is 10.8. The number of esters is 1. The van der Waals surface area contributed by atoms with Crippen LogP contribution < -0.4 is 0 Å². The minimum absolute atomic E-state index is 0.276. The van der Waals surface area contributed by atoms with Crippen LogP contribution in [0, 0.1) is 23.3 Å². The van der Waals surface area contributed by atoms with Gasteiger partial charge in [-0.2, -0.15) is 26.3 Å². The monoisotopic (exact) mass is 374 g/mol. The molecule has 1 N–H and O–H groups in total. The van der Waals surface area contributed by atoms with Crippen LogP contribution in [0.3, 0.4) is 0 Å². The lowest BCUT2D eigenvalue weighted by Crippen LogP contribution is -2.62. The van der Waals surface area contributed by atoms with Crippen LogP contribution in [0.1, 0.15) is 5.56 Å². The van der Waals surface area contributed by atoms with Crippen molar-refractivity contribution in [2.45, 2.75) is 24.6 Å². The van der Waals surface area contributed by atoms with Gasteiger partial charge in [-0.1, -0.05) is 0 Å². The van der Waals surface area contributed by atoms with Crippen molar-refractivity contribution in [3.05, 3.63) is 34.9 Å². The number of hydrogen-bond acceptors (Lipinski definition) is 3. The van der Waals surface area contributed by atoms with Crippen LogP contribution in [0.25, 0.3) is 0 Å². The summed E-state index contributed by atoms with van der Waals surface area (Å²) in [4.78, 5) is 11.0. The molecule has 1 aromatic carbocycles.